The van der Waals surface area contributed by atoms with E-state index in [-0.39, 0.29) is 17.6 Å². The molecule has 0 saturated carbocycles. The third kappa shape index (κ3) is 4.94. The maximum Gasteiger partial charge on any atom is 0.0991 e. The van der Waals surface area contributed by atoms with Gasteiger partial charge in [-0.2, -0.15) is 5.26 Å². The molecule has 126 valence electrons. The molecule has 0 aliphatic rings. The van der Waals surface area contributed by atoms with Gasteiger partial charge in [-0.1, -0.05) is 57.2 Å². The Bertz CT molecular complexity index is 685. The first-order valence-electron chi connectivity index (χ1n) is 8.54. The lowest BCUT2D eigenvalue weighted by Gasteiger charge is -2.23. The van der Waals surface area contributed by atoms with E-state index in [0.717, 1.165) is 6.42 Å². The molecule has 0 aliphatic heterocycles. The molecule has 1 unspecified atom stereocenters. The molecular formula is C22H27NO. The van der Waals surface area contributed by atoms with Crippen LogP contribution in [0.3, 0.4) is 0 Å². The Morgan fingerprint density at radius 2 is 1.54 bits per heavy atom. The molecule has 0 saturated heterocycles. The lowest BCUT2D eigenvalue weighted by atomic mass is 9.86. The smallest absolute Gasteiger partial charge is 0.0991 e. The van der Waals surface area contributed by atoms with Crippen LogP contribution in [0.2, 0.25) is 0 Å². The van der Waals surface area contributed by atoms with Gasteiger partial charge in [0, 0.05) is 6.42 Å². The molecule has 0 bridgehead atoms. The second kappa shape index (κ2) is 7.64. The van der Waals surface area contributed by atoms with E-state index >= 15 is 0 Å². The summed E-state index contributed by atoms with van der Waals surface area (Å²) in [5, 5.41) is 8.92. The lowest BCUT2D eigenvalue weighted by Crippen LogP contribution is -2.15. The fourth-order valence-electron chi connectivity index (χ4n) is 2.70. The van der Waals surface area contributed by atoms with Crippen LogP contribution in [0, 0.1) is 11.3 Å². The monoisotopic (exact) mass is 321 g/mol. The van der Waals surface area contributed by atoms with Crippen LogP contribution < -0.4 is 0 Å². The highest BCUT2D eigenvalue weighted by atomic mass is 16.5. The Hall–Kier alpha value is -2.11. The summed E-state index contributed by atoms with van der Waals surface area (Å²) in [6.07, 6.45) is 0.987. The number of nitriles is 1. The quantitative estimate of drug-likeness (QED) is 0.721. The standard InChI is InChI=1S/C22H27NO/c1-16(2)24-21(14-17-6-8-18(15-23)9-7-17)19-10-12-20(13-11-19)22(3,4)5/h6-13,16,21H,14H2,1-5H3. The SMILES string of the molecule is CC(C)OC(Cc1ccc(C#N)cc1)c1ccc(C(C)(C)C)cc1. The molecular weight excluding hydrogens is 294 g/mol. The number of benzene rings is 2. The minimum atomic E-state index is 0.0203. The number of rotatable bonds is 5. The molecule has 0 aliphatic carbocycles. The fourth-order valence-corrected chi connectivity index (χ4v) is 2.70. The molecule has 0 heterocycles. The maximum absolute atomic E-state index is 8.92. The van der Waals surface area contributed by atoms with Gasteiger partial charge < -0.3 is 4.74 Å². The van der Waals surface area contributed by atoms with E-state index in [4.69, 9.17) is 10.00 Å². The highest BCUT2D eigenvalue weighted by molar-refractivity contribution is 5.33. The molecule has 0 spiro atoms. The van der Waals surface area contributed by atoms with Crippen molar-refractivity contribution in [1.82, 2.24) is 0 Å². The molecule has 0 amide bonds. The Morgan fingerprint density at radius 3 is 2.00 bits per heavy atom. The molecule has 2 nitrogen and oxygen atoms in total. The van der Waals surface area contributed by atoms with Crippen LogP contribution in [0.5, 0.6) is 0 Å². The minimum Gasteiger partial charge on any atom is -0.371 e. The van der Waals surface area contributed by atoms with Gasteiger partial charge in [0.05, 0.1) is 23.8 Å². The van der Waals surface area contributed by atoms with Crippen LogP contribution in [0.4, 0.5) is 0 Å². The van der Waals surface area contributed by atoms with Crippen molar-refractivity contribution in [2.45, 2.75) is 58.7 Å². The molecule has 1 atom stereocenters. The van der Waals surface area contributed by atoms with Crippen molar-refractivity contribution in [1.29, 1.82) is 5.26 Å². The van der Waals surface area contributed by atoms with Gasteiger partial charge in [-0.3, -0.25) is 0 Å². The topological polar surface area (TPSA) is 33.0 Å². The molecule has 0 N–H and O–H groups in total. The summed E-state index contributed by atoms with van der Waals surface area (Å²) in [5.41, 5.74) is 4.54. The third-order valence-corrected chi connectivity index (χ3v) is 4.09. The van der Waals surface area contributed by atoms with E-state index in [2.05, 4.69) is 65.0 Å². The summed E-state index contributed by atoms with van der Waals surface area (Å²) in [5.74, 6) is 0. The predicted octanol–water partition coefficient (Wildman–Crippen LogP) is 5.56. The number of nitrogens with zero attached hydrogens (tertiary/aromatic N) is 1. The molecule has 24 heavy (non-hydrogen) atoms. The van der Waals surface area contributed by atoms with Crippen LogP contribution in [-0.2, 0) is 16.6 Å². The maximum atomic E-state index is 8.92. The molecule has 2 aromatic rings. The average molecular weight is 321 g/mol. The summed E-state index contributed by atoms with van der Waals surface area (Å²) in [6, 6.07) is 18.7. The summed E-state index contributed by atoms with van der Waals surface area (Å²) < 4.78 is 6.16. The number of hydrogen-bond acceptors (Lipinski definition) is 2. The molecule has 2 aromatic carbocycles. The summed E-state index contributed by atoms with van der Waals surface area (Å²) >= 11 is 0. The van der Waals surface area contributed by atoms with Crippen LogP contribution in [0.15, 0.2) is 48.5 Å². The van der Waals surface area contributed by atoms with Crippen LogP contribution >= 0.6 is 0 Å². The minimum absolute atomic E-state index is 0.0203. The normalized spacial score (nSPS) is 12.9. The first-order valence-corrected chi connectivity index (χ1v) is 8.54. The number of hydrogen-bond donors (Lipinski definition) is 0. The molecule has 2 heteroatoms. The van der Waals surface area contributed by atoms with E-state index in [9.17, 15) is 0 Å². The van der Waals surface area contributed by atoms with Crippen molar-refractivity contribution in [2.75, 3.05) is 0 Å². The molecule has 0 aromatic heterocycles. The second-order valence-corrected chi connectivity index (χ2v) is 7.56. The van der Waals surface area contributed by atoms with E-state index < -0.39 is 0 Å². The third-order valence-electron chi connectivity index (χ3n) is 4.09. The molecule has 2 rings (SSSR count). The number of ether oxygens (including phenoxy) is 1. The molecule has 0 radical (unpaired) electrons. The Morgan fingerprint density at radius 1 is 0.958 bits per heavy atom. The largest absolute Gasteiger partial charge is 0.371 e. The van der Waals surface area contributed by atoms with Gasteiger partial charge in [-0.15, -0.1) is 0 Å². The zero-order valence-corrected chi connectivity index (χ0v) is 15.3. The Balaban J connectivity index is 2.22. The van der Waals surface area contributed by atoms with Crippen molar-refractivity contribution in [3.63, 3.8) is 0 Å². The second-order valence-electron chi connectivity index (χ2n) is 7.56. The van der Waals surface area contributed by atoms with Crippen molar-refractivity contribution >= 4 is 0 Å². The average Bonchev–Trinajstić information content (AvgIpc) is 2.54. The van der Waals surface area contributed by atoms with Crippen molar-refractivity contribution < 1.29 is 4.74 Å². The fraction of sp³-hybridized carbons (Fsp3) is 0.409. The Labute approximate surface area is 146 Å². The van der Waals surface area contributed by atoms with E-state index in [1.807, 2.05) is 24.3 Å². The zero-order valence-electron chi connectivity index (χ0n) is 15.3. The lowest BCUT2D eigenvalue weighted by molar-refractivity contribution is 0.00684. The van der Waals surface area contributed by atoms with E-state index in [0.29, 0.717) is 5.56 Å². The highest BCUT2D eigenvalue weighted by Gasteiger charge is 2.17. The molecule has 0 fully saturated rings. The van der Waals surface area contributed by atoms with Crippen LogP contribution in [0.25, 0.3) is 0 Å². The summed E-state index contributed by atoms with van der Waals surface area (Å²) in [7, 11) is 0. The van der Waals surface area contributed by atoms with E-state index in [1.54, 1.807) is 0 Å². The predicted molar refractivity (Wildman–Crippen MR) is 99.0 cm³/mol. The zero-order chi connectivity index (χ0) is 17.7. The van der Waals surface area contributed by atoms with Crippen molar-refractivity contribution in [3.8, 4) is 6.07 Å². The first-order chi connectivity index (χ1) is 11.3. The van der Waals surface area contributed by atoms with Gasteiger partial charge in [-0.05, 0) is 48.1 Å². The van der Waals surface area contributed by atoms with Crippen LogP contribution in [-0.4, -0.2) is 6.10 Å². The van der Waals surface area contributed by atoms with Gasteiger partial charge in [-0.25, -0.2) is 0 Å². The van der Waals surface area contributed by atoms with E-state index in [1.165, 1.54) is 16.7 Å². The van der Waals surface area contributed by atoms with Crippen molar-refractivity contribution in [3.05, 3.63) is 70.8 Å². The summed E-state index contributed by atoms with van der Waals surface area (Å²) in [6.45, 7) is 10.8. The Kier molecular flexibility index (Phi) is 5.80. The van der Waals surface area contributed by atoms with Gasteiger partial charge in [0.2, 0.25) is 0 Å². The first kappa shape index (κ1) is 18.2. The van der Waals surface area contributed by atoms with Crippen molar-refractivity contribution in [2.24, 2.45) is 0 Å². The van der Waals surface area contributed by atoms with Gasteiger partial charge in [0.15, 0.2) is 0 Å². The van der Waals surface area contributed by atoms with Crippen LogP contribution in [0.1, 0.15) is 63.0 Å². The van der Waals surface area contributed by atoms with Gasteiger partial charge >= 0.3 is 0 Å². The van der Waals surface area contributed by atoms with Gasteiger partial charge in [0.1, 0.15) is 0 Å². The highest BCUT2D eigenvalue weighted by Crippen LogP contribution is 2.28. The summed E-state index contributed by atoms with van der Waals surface area (Å²) in [4.78, 5) is 0. The van der Waals surface area contributed by atoms with Gasteiger partial charge in [0.25, 0.3) is 0 Å².